The Bertz CT molecular complexity index is 352. The summed E-state index contributed by atoms with van der Waals surface area (Å²) in [4.78, 5) is 11.1. The highest BCUT2D eigenvalue weighted by Crippen LogP contribution is 2.12. The largest absolute Gasteiger partial charge is 0.446 e. The lowest BCUT2D eigenvalue weighted by atomic mass is 10.2. The van der Waals surface area contributed by atoms with Gasteiger partial charge in [-0.3, -0.25) is 5.43 Å². The molecule has 1 amide bonds. The Morgan fingerprint density at radius 2 is 2.36 bits per heavy atom. The normalized spacial score (nSPS) is 15.5. The van der Waals surface area contributed by atoms with Crippen LogP contribution >= 0.6 is 0 Å². The van der Waals surface area contributed by atoms with Crippen LogP contribution in [0.2, 0.25) is 0 Å². The van der Waals surface area contributed by atoms with Gasteiger partial charge in [-0.15, -0.1) is 0 Å². The smallest absolute Gasteiger partial charge is 0.428 e. The van der Waals surface area contributed by atoms with Crippen LogP contribution in [0.25, 0.3) is 0 Å². The van der Waals surface area contributed by atoms with Gasteiger partial charge in [-0.05, 0) is 24.6 Å². The minimum absolute atomic E-state index is 0.313. The van der Waals surface area contributed by atoms with Gasteiger partial charge in [0.1, 0.15) is 6.61 Å². The quantitative estimate of drug-likeness (QED) is 0.776. The van der Waals surface area contributed by atoms with Crippen LogP contribution in [-0.4, -0.2) is 24.3 Å². The molecule has 1 aromatic carbocycles. The van der Waals surface area contributed by atoms with Crippen LogP contribution in [0, 0.1) is 6.92 Å². The molecular weight excluding hydrogens is 180 g/mol. The Kier molecular flexibility index (Phi) is 2.26. The maximum Gasteiger partial charge on any atom is 0.428 e. The summed E-state index contributed by atoms with van der Waals surface area (Å²) in [5.41, 5.74) is 5.05. The van der Waals surface area contributed by atoms with E-state index < -0.39 is 0 Å². The van der Waals surface area contributed by atoms with Gasteiger partial charge in [-0.2, -0.15) is 0 Å². The van der Waals surface area contributed by atoms with Gasteiger partial charge in [0, 0.05) is 0 Å². The molecule has 4 heteroatoms. The molecule has 0 bridgehead atoms. The zero-order chi connectivity index (χ0) is 9.97. The van der Waals surface area contributed by atoms with E-state index in [4.69, 9.17) is 4.74 Å². The fraction of sp³-hybridized carbons (Fsp3) is 0.300. The van der Waals surface area contributed by atoms with Crippen LogP contribution in [0.5, 0.6) is 0 Å². The van der Waals surface area contributed by atoms with Gasteiger partial charge in [-0.25, -0.2) is 9.80 Å². The molecule has 74 valence electrons. The molecule has 14 heavy (non-hydrogen) atoms. The molecule has 1 saturated heterocycles. The van der Waals surface area contributed by atoms with E-state index in [1.807, 2.05) is 31.2 Å². The summed E-state index contributed by atoms with van der Waals surface area (Å²) in [5, 5.41) is 1.47. The minimum atomic E-state index is -0.313. The Morgan fingerprint density at radius 3 is 3.00 bits per heavy atom. The van der Waals surface area contributed by atoms with E-state index in [0.717, 1.165) is 11.3 Å². The van der Waals surface area contributed by atoms with E-state index in [1.54, 1.807) is 0 Å². The molecule has 0 spiro atoms. The highest BCUT2D eigenvalue weighted by molar-refractivity contribution is 5.71. The summed E-state index contributed by atoms with van der Waals surface area (Å²) in [7, 11) is 0. The Balaban J connectivity index is 2.07. The van der Waals surface area contributed by atoms with Crippen molar-refractivity contribution in [3.8, 4) is 0 Å². The second-order valence-electron chi connectivity index (χ2n) is 3.25. The third-order valence-corrected chi connectivity index (χ3v) is 2.04. The van der Waals surface area contributed by atoms with Crippen molar-refractivity contribution >= 4 is 11.8 Å². The lowest BCUT2D eigenvalue weighted by Crippen LogP contribution is -2.30. The SMILES string of the molecule is Cc1cccc(NN2CCOC2=O)c1. The summed E-state index contributed by atoms with van der Waals surface area (Å²) in [6, 6.07) is 7.84. The first-order valence-corrected chi connectivity index (χ1v) is 4.53. The molecule has 0 unspecified atom stereocenters. The number of rotatable bonds is 2. The molecule has 2 rings (SSSR count). The van der Waals surface area contributed by atoms with Crippen LogP contribution in [-0.2, 0) is 4.74 Å². The highest BCUT2D eigenvalue weighted by atomic mass is 16.6. The van der Waals surface area contributed by atoms with Crippen LogP contribution < -0.4 is 5.43 Å². The van der Waals surface area contributed by atoms with Gasteiger partial charge < -0.3 is 4.74 Å². The molecule has 1 N–H and O–H groups in total. The van der Waals surface area contributed by atoms with Crippen LogP contribution in [0.4, 0.5) is 10.5 Å². The average molecular weight is 192 g/mol. The number of cyclic esters (lactones) is 1. The predicted octanol–water partition coefficient (Wildman–Crippen LogP) is 1.77. The third kappa shape index (κ3) is 1.79. The van der Waals surface area contributed by atoms with E-state index in [1.165, 1.54) is 5.01 Å². The Morgan fingerprint density at radius 1 is 1.50 bits per heavy atom. The van der Waals surface area contributed by atoms with Crippen LogP contribution in [0.3, 0.4) is 0 Å². The maximum absolute atomic E-state index is 11.1. The Hall–Kier alpha value is -1.71. The van der Waals surface area contributed by atoms with Gasteiger partial charge in [0.2, 0.25) is 0 Å². The number of benzene rings is 1. The van der Waals surface area contributed by atoms with Crippen molar-refractivity contribution < 1.29 is 9.53 Å². The molecule has 4 nitrogen and oxygen atoms in total. The number of ether oxygens (including phenoxy) is 1. The molecular formula is C10H12N2O2. The van der Waals surface area contributed by atoms with Gasteiger partial charge in [0.05, 0.1) is 12.2 Å². The van der Waals surface area contributed by atoms with Crippen molar-refractivity contribution in [2.75, 3.05) is 18.6 Å². The van der Waals surface area contributed by atoms with Crippen molar-refractivity contribution in [3.05, 3.63) is 29.8 Å². The van der Waals surface area contributed by atoms with E-state index >= 15 is 0 Å². The molecule has 0 atom stereocenters. The zero-order valence-electron chi connectivity index (χ0n) is 7.99. The molecule has 0 saturated carbocycles. The number of carbonyl (C=O) groups excluding carboxylic acids is 1. The molecule has 0 radical (unpaired) electrons. The summed E-state index contributed by atoms with van der Waals surface area (Å²) < 4.78 is 4.79. The first kappa shape index (κ1) is 8.87. The summed E-state index contributed by atoms with van der Waals surface area (Å²) in [5.74, 6) is 0. The second kappa shape index (κ2) is 3.57. The fourth-order valence-electron chi connectivity index (χ4n) is 1.37. The second-order valence-corrected chi connectivity index (χ2v) is 3.25. The first-order chi connectivity index (χ1) is 6.75. The van der Waals surface area contributed by atoms with Crippen LogP contribution in [0.15, 0.2) is 24.3 Å². The number of carbonyl (C=O) groups is 1. The summed E-state index contributed by atoms with van der Waals surface area (Å²) in [6.45, 7) is 3.05. The average Bonchev–Trinajstić information content (AvgIpc) is 2.52. The van der Waals surface area contributed by atoms with Gasteiger partial charge in [0.25, 0.3) is 0 Å². The van der Waals surface area contributed by atoms with Crippen LogP contribution in [0.1, 0.15) is 5.56 Å². The molecule has 0 aromatic heterocycles. The number of anilines is 1. The lowest BCUT2D eigenvalue weighted by Gasteiger charge is -2.15. The number of aryl methyl sites for hydroxylation is 1. The van der Waals surface area contributed by atoms with Gasteiger partial charge in [0.15, 0.2) is 0 Å². The van der Waals surface area contributed by atoms with E-state index in [-0.39, 0.29) is 6.09 Å². The fourth-order valence-corrected chi connectivity index (χ4v) is 1.37. The summed E-state index contributed by atoms with van der Waals surface area (Å²) in [6.07, 6.45) is -0.313. The number of amides is 1. The third-order valence-electron chi connectivity index (χ3n) is 2.04. The highest BCUT2D eigenvalue weighted by Gasteiger charge is 2.21. The monoisotopic (exact) mass is 192 g/mol. The van der Waals surface area contributed by atoms with Crippen molar-refractivity contribution in [1.82, 2.24) is 5.01 Å². The Labute approximate surface area is 82.4 Å². The molecule has 0 aliphatic carbocycles. The number of hydrogen-bond acceptors (Lipinski definition) is 3. The minimum Gasteiger partial charge on any atom is -0.446 e. The van der Waals surface area contributed by atoms with E-state index in [2.05, 4.69) is 5.43 Å². The molecule has 1 fully saturated rings. The number of hydrogen-bond donors (Lipinski definition) is 1. The number of hydrazine groups is 1. The molecule has 1 aliphatic heterocycles. The molecule has 1 heterocycles. The predicted molar refractivity (Wildman–Crippen MR) is 52.9 cm³/mol. The topological polar surface area (TPSA) is 41.6 Å². The standard InChI is InChI=1S/C10H12N2O2/c1-8-3-2-4-9(7-8)11-12-5-6-14-10(12)13/h2-4,7,11H,5-6H2,1H3. The molecule has 1 aromatic rings. The van der Waals surface area contributed by atoms with Crippen molar-refractivity contribution in [1.29, 1.82) is 0 Å². The van der Waals surface area contributed by atoms with Gasteiger partial charge in [-0.1, -0.05) is 12.1 Å². The van der Waals surface area contributed by atoms with E-state index in [0.29, 0.717) is 13.2 Å². The van der Waals surface area contributed by atoms with Crippen molar-refractivity contribution in [3.63, 3.8) is 0 Å². The van der Waals surface area contributed by atoms with Crippen molar-refractivity contribution in [2.45, 2.75) is 6.92 Å². The number of nitrogens with one attached hydrogen (secondary N) is 1. The molecule has 1 aliphatic rings. The first-order valence-electron chi connectivity index (χ1n) is 4.53. The zero-order valence-corrected chi connectivity index (χ0v) is 7.99. The summed E-state index contributed by atoms with van der Waals surface area (Å²) >= 11 is 0. The van der Waals surface area contributed by atoms with Crippen molar-refractivity contribution in [2.24, 2.45) is 0 Å². The maximum atomic E-state index is 11.1. The lowest BCUT2D eigenvalue weighted by molar-refractivity contribution is 0.163. The van der Waals surface area contributed by atoms with Gasteiger partial charge >= 0.3 is 6.09 Å². The number of nitrogens with zero attached hydrogens (tertiary/aromatic N) is 1. The van der Waals surface area contributed by atoms with E-state index in [9.17, 15) is 4.79 Å².